The predicted octanol–water partition coefficient (Wildman–Crippen LogP) is 2.45. The van der Waals surface area contributed by atoms with Gasteiger partial charge in [-0.2, -0.15) is 0 Å². The van der Waals surface area contributed by atoms with Crippen molar-refractivity contribution in [3.8, 4) is 0 Å². The van der Waals surface area contributed by atoms with Crippen LogP contribution >= 0.6 is 0 Å². The van der Waals surface area contributed by atoms with Gasteiger partial charge in [0, 0.05) is 6.20 Å². The number of benzene rings is 1. The number of anilines is 1. The van der Waals surface area contributed by atoms with E-state index < -0.39 is 34.9 Å². The molecule has 0 atom stereocenters. The summed E-state index contributed by atoms with van der Waals surface area (Å²) < 4.78 is 39.3. The van der Waals surface area contributed by atoms with Crippen LogP contribution in [0.5, 0.6) is 0 Å². The van der Waals surface area contributed by atoms with E-state index in [0.717, 1.165) is 6.07 Å². The molecule has 108 valence electrons. The van der Waals surface area contributed by atoms with Crippen LogP contribution in [-0.2, 0) is 0 Å². The second-order valence-corrected chi connectivity index (χ2v) is 3.88. The highest BCUT2D eigenvalue weighted by molar-refractivity contribution is 6.07. The number of hydrogen-bond donors (Lipinski definition) is 2. The van der Waals surface area contributed by atoms with Crippen molar-refractivity contribution in [2.75, 3.05) is 5.32 Å². The Balaban J connectivity index is 2.36. The van der Waals surface area contributed by atoms with E-state index in [9.17, 15) is 22.8 Å². The van der Waals surface area contributed by atoms with Crippen LogP contribution in [0.15, 0.2) is 30.5 Å². The molecule has 0 saturated heterocycles. The zero-order valence-electron chi connectivity index (χ0n) is 10.2. The zero-order valence-corrected chi connectivity index (χ0v) is 10.2. The summed E-state index contributed by atoms with van der Waals surface area (Å²) in [5, 5.41) is 10.9. The van der Waals surface area contributed by atoms with Crippen LogP contribution < -0.4 is 5.32 Å². The number of nitrogens with zero attached hydrogens (tertiary/aromatic N) is 1. The van der Waals surface area contributed by atoms with E-state index in [4.69, 9.17) is 5.11 Å². The lowest BCUT2D eigenvalue weighted by molar-refractivity contribution is 0.0697. The Kier molecular flexibility index (Phi) is 3.88. The minimum Gasteiger partial charge on any atom is -0.478 e. The van der Waals surface area contributed by atoms with Gasteiger partial charge in [0.05, 0.1) is 5.56 Å². The third-order valence-corrected chi connectivity index (χ3v) is 2.55. The first-order valence-electron chi connectivity index (χ1n) is 5.55. The van der Waals surface area contributed by atoms with Crippen LogP contribution in [0, 0.1) is 17.5 Å². The van der Waals surface area contributed by atoms with Gasteiger partial charge in [-0.15, -0.1) is 0 Å². The number of carbonyl (C=O) groups is 2. The van der Waals surface area contributed by atoms with Crippen molar-refractivity contribution in [1.82, 2.24) is 4.98 Å². The monoisotopic (exact) mass is 296 g/mol. The van der Waals surface area contributed by atoms with Crippen molar-refractivity contribution in [1.29, 1.82) is 0 Å². The Hall–Kier alpha value is -2.90. The number of amides is 1. The van der Waals surface area contributed by atoms with Crippen LogP contribution in [-0.4, -0.2) is 22.0 Å². The largest absolute Gasteiger partial charge is 0.478 e. The van der Waals surface area contributed by atoms with E-state index in [1.807, 2.05) is 5.32 Å². The highest BCUT2D eigenvalue weighted by atomic mass is 19.2. The van der Waals surface area contributed by atoms with Crippen LogP contribution in [0.1, 0.15) is 20.7 Å². The molecule has 8 heteroatoms. The van der Waals surface area contributed by atoms with E-state index in [1.54, 1.807) is 0 Å². The van der Waals surface area contributed by atoms with Gasteiger partial charge in [0.2, 0.25) is 0 Å². The predicted molar refractivity (Wildman–Crippen MR) is 65.5 cm³/mol. The fourth-order valence-electron chi connectivity index (χ4n) is 1.55. The summed E-state index contributed by atoms with van der Waals surface area (Å²) in [6, 6.07) is 3.83. The number of pyridine rings is 1. The smallest absolute Gasteiger partial charge is 0.339 e. The van der Waals surface area contributed by atoms with Crippen LogP contribution in [0.2, 0.25) is 0 Å². The summed E-state index contributed by atoms with van der Waals surface area (Å²) in [4.78, 5) is 26.4. The van der Waals surface area contributed by atoms with E-state index in [0.29, 0.717) is 6.07 Å². The van der Waals surface area contributed by atoms with Gasteiger partial charge < -0.3 is 10.4 Å². The Bertz CT molecular complexity index is 735. The summed E-state index contributed by atoms with van der Waals surface area (Å²) in [6.07, 6.45) is 1.21. The molecule has 21 heavy (non-hydrogen) atoms. The topological polar surface area (TPSA) is 79.3 Å². The second-order valence-electron chi connectivity index (χ2n) is 3.88. The molecule has 0 aliphatic heterocycles. The minimum atomic E-state index is -1.79. The van der Waals surface area contributed by atoms with Gasteiger partial charge in [0.1, 0.15) is 11.4 Å². The molecule has 0 bridgehead atoms. The fourth-order valence-corrected chi connectivity index (χ4v) is 1.55. The lowest BCUT2D eigenvalue weighted by atomic mass is 10.1. The molecular formula is C13H7F3N2O3. The molecule has 0 spiro atoms. The van der Waals surface area contributed by atoms with Gasteiger partial charge in [0.25, 0.3) is 5.91 Å². The number of aromatic nitrogens is 1. The molecule has 2 rings (SSSR count). The highest BCUT2D eigenvalue weighted by Gasteiger charge is 2.20. The number of carboxylic acids is 1. The van der Waals surface area contributed by atoms with Gasteiger partial charge in [-0.3, -0.25) is 4.79 Å². The van der Waals surface area contributed by atoms with E-state index in [1.165, 1.54) is 18.3 Å². The Morgan fingerprint density at radius 2 is 1.76 bits per heavy atom. The van der Waals surface area contributed by atoms with E-state index >= 15 is 0 Å². The van der Waals surface area contributed by atoms with Crippen LogP contribution in [0.4, 0.5) is 19.0 Å². The average Bonchev–Trinajstić information content (AvgIpc) is 2.45. The second kappa shape index (κ2) is 5.61. The summed E-state index contributed by atoms with van der Waals surface area (Å²) in [7, 11) is 0. The summed E-state index contributed by atoms with van der Waals surface area (Å²) in [5.74, 6) is -7.73. The van der Waals surface area contributed by atoms with Gasteiger partial charge in [0.15, 0.2) is 17.5 Å². The summed E-state index contributed by atoms with van der Waals surface area (Å²) >= 11 is 0. The van der Waals surface area contributed by atoms with Crippen LogP contribution in [0.25, 0.3) is 0 Å². The molecule has 2 aromatic rings. The van der Waals surface area contributed by atoms with Crippen molar-refractivity contribution in [2.45, 2.75) is 0 Å². The molecule has 2 N–H and O–H groups in total. The number of carboxylic acid groups (broad SMARTS) is 1. The molecule has 0 radical (unpaired) electrons. The molecule has 0 unspecified atom stereocenters. The number of carbonyl (C=O) groups excluding carboxylic acids is 1. The average molecular weight is 296 g/mol. The van der Waals surface area contributed by atoms with Crippen molar-refractivity contribution in [3.63, 3.8) is 0 Å². The lowest BCUT2D eigenvalue weighted by Crippen LogP contribution is -2.18. The first kappa shape index (κ1) is 14.5. The third kappa shape index (κ3) is 2.83. The Morgan fingerprint density at radius 3 is 2.43 bits per heavy atom. The summed E-state index contributed by atoms with van der Waals surface area (Å²) in [5.41, 5.74) is -1.09. The van der Waals surface area contributed by atoms with E-state index in [-0.39, 0.29) is 11.4 Å². The number of nitrogens with one attached hydrogen (secondary N) is 1. The van der Waals surface area contributed by atoms with E-state index in [2.05, 4.69) is 4.98 Å². The zero-order chi connectivity index (χ0) is 15.6. The number of hydrogen-bond acceptors (Lipinski definition) is 3. The maximum atomic E-state index is 13.5. The standard InChI is InChI=1S/C13H7F3N2O3/c14-8-4-3-6(9(15)10(8)16)12(19)18-11-7(13(20)21)2-1-5-17-11/h1-5H,(H,20,21)(H,17,18,19). The van der Waals surface area contributed by atoms with Crippen molar-refractivity contribution < 1.29 is 27.9 Å². The highest BCUT2D eigenvalue weighted by Crippen LogP contribution is 2.18. The molecule has 5 nitrogen and oxygen atoms in total. The van der Waals surface area contributed by atoms with Crippen molar-refractivity contribution in [2.24, 2.45) is 0 Å². The molecule has 1 amide bonds. The summed E-state index contributed by atoms with van der Waals surface area (Å²) in [6.45, 7) is 0. The van der Waals surface area contributed by atoms with Gasteiger partial charge in [-0.25, -0.2) is 22.9 Å². The van der Waals surface area contributed by atoms with Crippen LogP contribution in [0.3, 0.4) is 0 Å². The molecule has 1 aromatic carbocycles. The number of halogens is 3. The van der Waals surface area contributed by atoms with Gasteiger partial charge >= 0.3 is 5.97 Å². The normalized spacial score (nSPS) is 10.2. The maximum absolute atomic E-state index is 13.5. The number of rotatable bonds is 3. The quantitative estimate of drug-likeness (QED) is 0.853. The Morgan fingerprint density at radius 1 is 1.05 bits per heavy atom. The molecule has 0 saturated carbocycles. The minimum absolute atomic E-state index is 0.325. The molecule has 0 aliphatic carbocycles. The molecule has 1 aromatic heterocycles. The first-order valence-corrected chi connectivity index (χ1v) is 5.55. The Labute approximate surface area is 116 Å². The first-order chi connectivity index (χ1) is 9.91. The van der Waals surface area contributed by atoms with Crippen molar-refractivity contribution >= 4 is 17.7 Å². The molecule has 0 fully saturated rings. The molecule has 1 heterocycles. The number of aromatic carboxylic acids is 1. The molecular weight excluding hydrogens is 289 g/mol. The fraction of sp³-hybridized carbons (Fsp3) is 0. The van der Waals surface area contributed by atoms with Crippen molar-refractivity contribution in [3.05, 3.63) is 59.0 Å². The van der Waals surface area contributed by atoms with Gasteiger partial charge in [-0.1, -0.05) is 0 Å². The van der Waals surface area contributed by atoms with Gasteiger partial charge in [-0.05, 0) is 24.3 Å². The third-order valence-electron chi connectivity index (χ3n) is 2.55. The SMILES string of the molecule is O=C(O)c1cccnc1NC(=O)c1ccc(F)c(F)c1F. The maximum Gasteiger partial charge on any atom is 0.339 e. The lowest BCUT2D eigenvalue weighted by Gasteiger charge is -2.08. The molecule has 0 aliphatic rings.